The molecule has 0 saturated heterocycles. The first-order valence-corrected chi connectivity index (χ1v) is 8.03. The third-order valence-corrected chi connectivity index (χ3v) is 6.19. The van der Waals surface area contributed by atoms with Gasteiger partial charge in [0.1, 0.15) is 10.6 Å². The van der Waals surface area contributed by atoms with Crippen molar-refractivity contribution in [1.29, 1.82) is 0 Å². The standard InChI is InChI=1S/C13H13ClP.Pd/c1-15(14,12-8-4-2-5-9-12)13-10-6-3-7-11-13;/h2-11H,1H3;/q+1;. The second kappa shape index (κ2) is 5.95. The smallest absolute Gasteiger partial charge is 0.0620 e. The molecule has 2 rings (SSSR count). The number of hydrogen-bond acceptors (Lipinski definition) is 0. The second-order valence-corrected chi connectivity index (χ2v) is 8.42. The van der Waals surface area contributed by atoms with Crippen LogP contribution in [0.3, 0.4) is 0 Å². The second-order valence-electron chi connectivity index (χ2n) is 3.57. The van der Waals surface area contributed by atoms with Crippen LogP contribution >= 0.6 is 17.9 Å². The van der Waals surface area contributed by atoms with E-state index >= 15 is 0 Å². The van der Waals surface area contributed by atoms with E-state index in [1.165, 1.54) is 10.6 Å². The maximum absolute atomic E-state index is 6.70. The molecule has 0 aliphatic carbocycles. The Morgan fingerprint density at radius 2 is 1.06 bits per heavy atom. The first-order valence-electron chi connectivity index (χ1n) is 4.88. The van der Waals surface area contributed by atoms with Gasteiger partial charge in [-0.25, -0.2) is 0 Å². The van der Waals surface area contributed by atoms with Crippen LogP contribution in [-0.4, -0.2) is 6.66 Å². The molecule has 0 bridgehead atoms. The molecule has 16 heavy (non-hydrogen) atoms. The van der Waals surface area contributed by atoms with Crippen LogP contribution in [0.1, 0.15) is 0 Å². The molecule has 2 aromatic carbocycles. The minimum Gasteiger partial charge on any atom is -0.0620 e. The molecule has 0 heterocycles. The Hall–Kier alpha value is -0.178. The molecular weight excluding hydrogens is 329 g/mol. The van der Waals surface area contributed by atoms with Gasteiger partial charge < -0.3 is 0 Å². The Morgan fingerprint density at radius 1 is 0.750 bits per heavy atom. The number of halogens is 1. The fourth-order valence-corrected chi connectivity index (χ4v) is 4.00. The maximum Gasteiger partial charge on any atom is 0.175 e. The van der Waals surface area contributed by atoms with Gasteiger partial charge in [0.2, 0.25) is 0 Å². The van der Waals surface area contributed by atoms with Crippen LogP contribution in [0.5, 0.6) is 0 Å². The summed E-state index contributed by atoms with van der Waals surface area (Å²) in [6.07, 6.45) is 0. The third-order valence-electron chi connectivity index (χ3n) is 2.48. The largest absolute Gasteiger partial charge is 0.175 e. The molecule has 0 N–H and O–H groups in total. The number of hydrogen-bond donors (Lipinski definition) is 0. The Bertz CT molecular complexity index is 387. The van der Waals surface area contributed by atoms with Crippen molar-refractivity contribution in [2.24, 2.45) is 0 Å². The van der Waals surface area contributed by atoms with Crippen LogP contribution in [0.4, 0.5) is 0 Å². The SMILES string of the molecule is C[P+](Cl)(c1ccccc1)c1ccccc1.[Pd]. The van der Waals surface area contributed by atoms with Gasteiger partial charge in [0.25, 0.3) is 0 Å². The molecule has 0 amide bonds. The van der Waals surface area contributed by atoms with E-state index < -0.39 is 6.62 Å². The topological polar surface area (TPSA) is 0 Å². The predicted octanol–water partition coefficient (Wildman–Crippen LogP) is 3.44. The van der Waals surface area contributed by atoms with Crippen molar-refractivity contribution in [3.63, 3.8) is 0 Å². The molecule has 0 aliphatic heterocycles. The van der Waals surface area contributed by atoms with Crippen molar-refractivity contribution in [3.05, 3.63) is 60.7 Å². The molecule has 0 aromatic heterocycles. The summed E-state index contributed by atoms with van der Waals surface area (Å²) in [7, 11) is 0. The van der Waals surface area contributed by atoms with Crippen LogP contribution in [0, 0.1) is 0 Å². The Labute approximate surface area is 116 Å². The van der Waals surface area contributed by atoms with Crippen LogP contribution in [0.2, 0.25) is 0 Å². The van der Waals surface area contributed by atoms with Gasteiger partial charge in [0, 0.05) is 20.4 Å². The van der Waals surface area contributed by atoms with E-state index in [9.17, 15) is 0 Å². The monoisotopic (exact) mass is 341 g/mol. The molecule has 3 heteroatoms. The van der Waals surface area contributed by atoms with Crippen molar-refractivity contribution in [2.75, 3.05) is 6.66 Å². The van der Waals surface area contributed by atoms with Crippen molar-refractivity contribution >= 4 is 28.5 Å². The van der Waals surface area contributed by atoms with Gasteiger partial charge in [-0.05, 0) is 24.3 Å². The summed E-state index contributed by atoms with van der Waals surface area (Å²) in [5, 5.41) is 2.47. The molecule has 2 aromatic rings. The molecule has 0 atom stereocenters. The van der Waals surface area contributed by atoms with Crippen LogP contribution < -0.4 is 10.6 Å². The Kier molecular flexibility index (Phi) is 5.16. The third kappa shape index (κ3) is 2.94. The summed E-state index contributed by atoms with van der Waals surface area (Å²) < 4.78 is 0. The summed E-state index contributed by atoms with van der Waals surface area (Å²) in [5.41, 5.74) is 0. The molecule has 0 radical (unpaired) electrons. The zero-order valence-electron chi connectivity index (χ0n) is 8.91. The summed E-state index contributed by atoms with van der Waals surface area (Å²) in [4.78, 5) is 0. The van der Waals surface area contributed by atoms with E-state index in [4.69, 9.17) is 11.2 Å². The summed E-state index contributed by atoms with van der Waals surface area (Å²) in [6, 6.07) is 20.6. The minimum atomic E-state index is -1.68. The average Bonchev–Trinajstić information content (AvgIpc) is 2.31. The van der Waals surface area contributed by atoms with Gasteiger partial charge in [0.05, 0.1) is 17.9 Å². The van der Waals surface area contributed by atoms with Gasteiger partial charge in [-0.3, -0.25) is 0 Å². The first kappa shape index (κ1) is 13.9. The van der Waals surface area contributed by atoms with E-state index in [1.54, 1.807) is 0 Å². The molecule has 0 saturated carbocycles. The quantitative estimate of drug-likeness (QED) is 0.580. The van der Waals surface area contributed by atoms with Crippen LogP contribution in [0.25, 0.3) is 0 Å². The van der Waals surface area contributed by atoms with E-state index in [0.29, 0.717) is 0 Å². The van der Waals surface area contributed by atoms with Gasteiger partial charge in [-0.15, -0.1) is 0 Å². The van der Waals surface area contributed by atoms with Crippen LogP contribution in [-0.2, 0) is 20.4 Å². The van der Waals surface area contributed by atoms with E-state index in [1.807, 2.05) is 36.4 Å². The van der Waals surface area contributed by atoms with E-state index in [2.05, 4.69) is 30.9 Å². The Balaban J connectivity index is 0.00000128. The molecule has 0 fully saturated rings. The minimum absolute atomic E-state index is 0. The molecule has 0 spiro atoms. The molecule has 0 unspecified atom stereocenters. The number of benzene rings is 2. The average molecular weight is 342 g/mol. The maximum atomic E-state index is 6.70. The van der Waals surface area contributed by atoms with E-state index in [0.717, 1.165) is 0 Å². The summed E-state index contributed by atoms with van der Waals surface area (Å²) in [5.74, 6) is 0. The molecule has 0 aliphatic rings. The zero-order chi connectivity index (χ0) is 10.7. The molecule has 86 valence electrons. The first-order chi connectivity index (χ1) is 7.21. The zero-order valence-corrected chi connectivity index (χ0v) is 12.1. The van der Waals surface area contributed by atoms with Crippen LogP contribution in [0.15, 0.2) is 60.7 Å². The number of rotatable bonds is 2. The fourth-order valence-electron chi connectivity index (χ4n) is 1.56. The predicted molar refractivity (Wildman–Crippen MR) is 70.8 cm³/mol. The molecular formula is C13H13ClPPd+. The normalized spacial score (nSPS) is 10.6. The van der Waals surface area contributed by atoms with E-state index in [-0.39, 0.29) is 20.4 Å². The van der Waals surface area contributed by atoms with Crippen molar-refractivity contribution in [3.8, 4) is 0 Å². The van der Waals surface area contributed by atoms with Crippen molar-refractivity contribution in [1.82, 2.24) is 0 Å². The summed E-state index contributed by atoms with van der Waals surface area (Å²) >= 11 is 6.70. The van der Waals surface area contributed by atoms with Gasteiger partial charge in [-0.2, -0.15) is 0 Å². The Morgan fingerprint density at radius 3 is 1.38 bits per heavy atom. The fraction of sp³-hybridized carbons (Fsp3) is 0.0769. The summed E-state index contributed by atoms with van der Waals surface area (Å²) in [6.45, 7) is 0.463. The molecule has 0 nitrogen and oxygen atoms in total. The van der Waals surface area contributed by atoms with Gasteiger partial charge in [0.15, 0.2) is 6.62 Å². The van der Waals surface area contributed by atoms with Crippen molar-refractivity contribution in [2.45, 2.75) is 0 Å². The van der Waals surface area contributed by atoms with Gasteiger partial charge in [-0.1, -0.05) is 36.4 Å². The van der Waals surface area contributed by atoms with Crippen molar-refractivity contribution < 1.29 is 20.4 Å². The van der Waals surface area contributed by atoms with Gasteiger partial charge >= 0.3 is 0 Å².